The molecule has 0 bridgehead atoms. The Morgan fingerprint density at radius 2 is 1.71 bits per heavy atom. The number of hydrogen-bond acceptors (Lipinski definition) is 4. The first kappa shape index (κ1) is 19.2. The molecule has 0 N–H and O–H groups in total. The van der Waals surface area contributed by atoms with Crippen LogP contribution in [0, 0.1) is 6.92 Å². The van der Waals surface area contributed by atoms with E-state index in [1.54, 1.807) is 6.20 Å². The van der Waals surface area contributed by atoms with Gasteiger partial charge in [-0.2, -0.15) is 0 Å². The largest absolute Gasteiger partial charge is 0.283 e. The molecule has 0 aliphatic rings. The first-order valence-corrected chi connectivity index (χ1v) is 10.6. The van der Waals surface area contributed by atoms with E-state index in [-0.39, 0.29) is 0 Å². The van der Waals surface area contributed by atoms with Crippen LogP contribution >= 0.6 is 0 Å². The fourth-order valence-electron chi connectivity index (χ4n) is 3.75. The number of aromatic nitrogens is 6. The molecule has 0 saturated carbocycles. The lowest BCUT2D eigenvalue weighted by molar-refractivity contribution is 0.761. The Morgan fingerprint density at radius 1 is 0.935 bits per heavy atom. The van der Waals surface area contributed by atoms with Gasteiger partial charge >= 0.3 is 0 Å². The van der Waals surface area contributed by atoms with E-state index in [4.69, 9.17) is 4.98 Å². The van der Waals surface area contributed by atoms with E-state index < -0.39 is 0 Å². The fraction of sp³-hybridized carbons (Fsp3) is 0.200. The van der Waals surface area contributed by atoms with Crippen molar-refractivity contribution < 1.29 is 0 Å². The summed E-state index contributed by atoms with van der Waals surface area (Å²) < 4.78 is 3.88. The zero-order chi connectivity index (χ0) is 21.2. The maximum Gasteiger partial charge on any atom is 0.234 e. The highest BCUT2D eigenvalue weighted by molar-refractivity contribution is 5.81. The molecule has 0 amide bonds. The third-order valence-electron chi connectivity index (χ3n) is 5.46. The van der Waals surface area contributed by atoms with Crippen molar-refractivity contribution in [3.05, 3.63) is 84.4 Å². The Bertz CT molecular complexity index is 1310. The Kier molecular flexibility index (Phi) is 5.04. The lowest BCUT2D eigenvalue weighted by atomic mass is 10.0. The van der Waals surface area contributed by atoms with Crippen LogP contribution in [0.2, 0.25) is 0 Å². The van der Waals surface area contributed by atoms with Gasteiger partial charge in [0.2, 0.25) is 5.78 Å². The number of imidazole rings is 1. The second-order valence-electron chi connectivity index (χ2n) is 7.77. The monoisotopic (exact) mass is 408 g/mol. The highest BCUT2D eigenvalue weighted by Crippen LogP contribution is 2.32. The SMILES string of the molecule is CCCCc1cn(-c2ccc(-c3nc4ncccn4c3-c3ccc(C)cc3)cc2)nn1. The summed E-state index contributed by atoms with van der Waals surface area (Å²) >= 11 is 0. The fourth-order valence-corrected chi connectivity index (χ4v) is 3.75. The van der Waals surface area contributed by atoms with Gasteiger partial charge in [-0.3, -0.25) is 4.40 Å². The molecule has 0 aliphatic carbocycles. The van der Waals surface area contributed by atoms with Crippen LogP contribution in [0.25, 0.3) is 34.0 Å². The summed E-state index contributed by atoms with van der Waals surface area (Å²) in [5, 5.41) is 8.58. The molecule has 31 heavy (non-hydrogen) atoms. The van der Waals surface area contributed by atoms with Gasteiger partial charge in [-0.05, 0) is 38.0 Å². The Morgan fingerprint density at radius 3 is 2.48 bits per heavy atom. The molecule has 154 valence electrons. The Hall–Kier alpha value is -3.80. The number of benzene rings is 2. The van der Waals surface area contributed by atoms with Gasteiger partial charge in [-0.1, -0.05) is 60.5 Å². The van der Waals surface area contributed by atoms with E-state index in [1.165, 1.54) is 5.56 Å². The van der Waals surface area contributed by atoms with Gasteiger partial charge in [-0.25, -0.2) is 14.6 Å². The van der Waals surface area contributed by atoms with Gasteiger partial charge in [0.15, 0.2) is 0 Å². The topological polar surface area (TPSA) is 60.9 Å². The summed E-state index contributed by atoms with van der Waals surface area (Å²) in [6, 6.07) is 18.7. The summed E-state index contributed by atoms with van der Waals surface area (Å²) in [5.74, 6) is 0.689. The predicted molar refractivity (Wildman–Crippen MR) is 122 cm³/mol. The van der Waals surface area contributed by atoms with E-state index in [0.29, 0.717) is 5.78 Å². The van der Waals surface area contributed by atoms with Crippen molar-refractivity contribution in [2.75, 3.05) is 0 Å². The molecule has 0 aliphatic heterocycles. The van der Waals surface area contributed by atoms with Gasteiger partial charge in [0, 0.05) is 23.5 Å². The quantitative estimate of drug-likeness (QED) is 0.383. The molecule has 5 rings (SSSR count). The second kappa shape index (κ2) is 8.14. The lowest BCUT2D eigenvalue weighted by Crippen LogP contribution is -1.95. The van der Waals surface area contributed by atoms with E-state index in [1.807, 2.05) is 27.5 Å². The van der Waals surface area contributed by atoms with Crippen LogP contribution in [0.5, 0.6) is 0 Å². The second-order valence-corrected chi connectivity index (χ2v) is 7.77. The van der Waals surface area contributed by atoms with Crippen LogP contribution in [0.1, 0.15) is 31.0 Å². The van der Waals surface area contributed by atoms with Crippen LogP contribution in [-0.2, 0) is 6.42 Å². The number of rotatable bonds is 6. The van der Waals surface area contributed by atoms with Gasteiger partial charge in [-0.15, -0.1) is 5.10 Å². The van der Waals surface area contributed by atoms with E-state index in [0.717, 1.165) is 53.2 Å². The molecule has 3 aromatic heterocycles. The zero-order valence-electron chi connectivity index (χ0n) is 17.7. The maximum atomic E-state index is 4.84. The summed E-state index contributed by atoms with van der Waals surface area (Å²) in [6.45, 7) is 4.28. The van der Waals surface area contributed by atoms with Crippen molar-refractivity contribution >= 4 is 5.78 Å². The lowest BCUT2D eigenvalue weighted by Gasteiger charge is -2.07. The Balaban J connectivity index is 1.54. The molecule has 0 spiro atoms. The molecule has 6 nitrogen and oxygen atoms in total. The Labute approximate surface area is 181 Å². The average Bonchev–Trinajstić information content (AvgIpc) is 3.43. The van der Waals surface area contributed by atoms with Crippen LogP contribution < -0.4 is 0 Å². The smallest absolute Gasteiger partial charge is 0.234 e. The van der Waals surface area contributed by atoms with Crippen molar-refractivity contribution in [3.8, 4) is 28.2 Å². The molecule has 0 unspecified atom stereocenters. The summed E-state index contributed by atoms with van der Waals surface area (Å²) in [7, 11) is 0. The summed E-state index contributed by atoms with van der Waals surface area (Å²) in [5.41, 5.74) is 7.34. The van der Waals surface area contributed by atoms with E-state index >= 15 is 0 Å². The normalized spacial score (nSPS) is 11.3. The molecule has 5 aromatic rings. The maximum absolute atomic E-state index is 4.84. The van der Waals surface area contributed by atoms with Crippen LogP contribution in [0.4, 0.5) is 0 Å². The number of aryl methyl sites for hydroxylation is 2. The molecule has 2 aromatic carbocycles. The molecular weight excluding hydrogens is 384 g/mol. The molecular formula is C25H24N6. The number of unbranched alkanes of at least 4 members (excludes halogenated alkanes) is 1. The average molecular weight is 409 g/mol. The minimum atomic E-state index is 0.689. The third-order valence-corrected chi connectivity index (χ3v) is 5.46. The van der Waals surface area contributed by atoms with Gasteiger partial charge < -0.3 is 0 Å². The van der Waals surface area contributed by atoms with Crippen molar-refractivity contribution in [2.45, 2.75) is 33.1 Å². The van der Waals surface area contributed by atoms with Crippen molar-refractivity contribution in [1.82, 2.24) is 29.4 Å². The standard InChI is InChI=1S/C25H24N6/c1-3-4-6-21-17-31(29-28-21)22-13-11-19(12-14-22)23-24(20-9-7-18(2)8-10-20)30-16-5-15-26-25(30)27-23/h5,7-17H,3-4,6H2,1-2H3. The third kappa shape index (κ3) is 3.72. The minimum absolute atomic E-state index is 0.689. The van der Waals surface area contributed by atoms with Crippen LogP contribution in [0.15, 0.2) is 73.2 Å². The summed E-state index contributed by atoms with van der Waals surface area (Å²) in [6.07, 6.45) is 9.03. The molecule has 6 heteroatoms. The molecule has 0 atom stereocenters. The minimum Gasteiger partial charge on any atom is -0.283 e. The van der Waals surface area contributed by atoms with Crippen LogP contribution in [-0.4, -0.2) is 29.4 Å². The predicted octanol–water partition coefficient (Wildman–Crippen LogP) is 5.30. The van der Waals surface area contributed by atoms with Crippen LogP contribution in [0.3, 0.4) is 0 Å². The highest BCUT2D eigenvalue weighted by Gasteiger charge is 2.16. The van der Waals surface area contributed by atoms with E-state index in [9.17, 15) is 0 Å². The van der Waals surface area contributed by atoms with Crippen molar-refractivity contribution in [3.63, 3.8) is 0 Å². The first-order valence-electron chi connectivity index (χ1n) is 10.6. The van der Waals surface area contributed by atoms with Gasteiger partial charge in [0.1, 0.15) is 0 Å². The molecule has 0 fully saturated rings. The van der Waals surface area contributed by atoms with Gasteiger partial charge in [0.25, 0.3) is 0 Å². The van der Waals surface area contributed by atoms with Crippen molar-refractivity contribution in [1.29, 1.82) is 0 Å². The number of nitrogens with zero attached hydrogens (tertiary/aromatic N) is 6. The van der Waals surface area contributed by atoms with E-state index in [2.05, 4.69) is 77.7 Å². The van der Waals surface area contributed by atoms with Crippen molar-refractivity contribution in [2.24, 2.45) is 0 Å². The zero-order valence-corrected chi connectivity index (χ0v) is 17.7. The number of hydrogen-bond donors (Lipinski definition) is 0. The molecule has 3 heterocycles. The first-order chi connectivity index (χ1) is 15.2. The molecule has 0 radical (unpaired) electrons. The van der Waals surface area contributed by atoms with Gasteiger partial charge in [0.05, 0.1) is 29.0 Å². The number of fused-ring (bicyclic) bond motifs is 1. The molecule has 0 saturated heterocycles. The summed E-state index contributed by atoms with van der Waals surface area (Å²) in [4.78, 5) is 9.29. The highest BCUT2D eigenvalue weighted by atomic mass is 15.4.